The molecule has 1 heterocycles. The molecule has 0 aromatic heterocycles. The van der Waals surface area contributed by atoms with Gasteiger partial charge in [-0.15, -0.1) is 0 Å². The van der Waals surface area contributed by atoms with Gasteiger partial charge in [-0.2, -0.15) is 0 Å². The number of carbonyl (C=O) groups is 1. The fourth-order valence-electron chi connectivity index (χ4n) is 10.7. The van der Waals surface area contributed by atoms with Gasteiger partial charge in [0.2, 0.25) is 0 Å². The van der Waals surface area contributed by atoms with Gasteiger partial charge >= 0.3 is 5.97 Å². The van der Waals surface area contributed by atoms with Crippen LogP contribution >= 0.6 is 0 Å². The van der Waals surface area contributed by atoms with Gasteiger partial charge in [-0.1, -0.05) is 182 Å². The molecular formula is C60H123N5O7. The number of nitrogens with one attached hydrogen (secondary N) is 1. The second-order valence-corrected chi connectivity index (χ2v) is 22.7. The second-order valence-electron chi connectivity index (χ2n) is 22.7. The molecule has 1 aliphatic rings. The summed E-state index contributed by atoms with van der Waals surface area (Å²) < 4.78 is 5.73. The molecule has 12 heteroatoms. The number of aliphatic hydroxyl groups excluding tert-OH is 5. The van der Waals surface area contributed by atoms with Crippen molar-refractivity contribution in [1.29, 1.82) is 0 Å². The number of rotatable bonds is 53. The smallest absolute Gasteiger partial charge is 0.305 e. The van der Waals surface area contributed by atoms with Gasteiger partial charge in [-0.05, 0) is 84.7 Å². The van der Waals surface area contributed by atoms with Gasteiger partial charge in [-0.25, -0.2) is 0 Å². The molecule has 430 valence electrons. The SMILES string of the molecule is CCCCCCCCC(O)CN(CCCCC(=O)OCCN1CC(C)N(CCNC(O)CCCCN(CC(O)CCCCCCCC)CC(O)CCCCCCCC)CC1C)CC(O)CCCCCCCC. The van der Waals surface area contributed by atoms with Gasteiger partial charge < -0.3 is 30.3 Å². The largest absolute Gasteiger partial charge is 0.464 e. The van der Waals surface area contributed by atoms with Gasteiger partial charge in [0.1, 0.15) is 12.8 Å². The summed E-state index contributed by atoms with van der Waals surface area (Å²) in [6, 6.07) is 0.686. The van der Waals surface area contributed by atoms with Crippen molar-refractivity contribution in [3.8, 4) is 0 Å². The number of hydrogen-bond acceptors (Lipinski definition) is 12. The lowest BCUT2D eigenvalue weighted by Crippen LogP contribution is -2.58. The first-order valence-corrected chi connectivity index (χ1v) is 31.1. The Balaban J connectivity index is 2.42. The normalized spacial score (nSPS) is 18.0. The topological polar surface area (TPSA) is 152 Å². The number of carbonyl (C=O) groups excluding carboxylic acids is 1. The molecular weight excluding hydrogens is 903 g/mol. The molecule has 1 aliphatic heterocycles. The van der Waals surface area contributed by atoms with Crippen LogP contribution in [0.5, 0.6) is 0 Å². The maximum absolute atomic E-state index is 12.8. The number of hydrogen-bond donors (Lipinski definition) is 6. The van der Waals surface area contributed by atoms with Crippen molar-refractivity contribution in [3.63, 3.8) is 0 Å². The van der Waals surface area contributed by atoms with E-state index < -0.39 is 6.23 Å². The van der Waals surface area contributed by atoms with E-state index in [1.54, 1.807) is 0 Å². The summed E-state index contributed by atoms with van der Waals surface area (Å²) in [5.74, 6) is -0.149. The molecule has 1 rings (SSSR count). The Hall–Kier alpha value is -0.930. The highest BCUT2D eigenvalue weighted by Crippen LogP contribution is 2.18. The van der Waals surface area contributed by atoms with Gasteiger partial charge in [0.25, 0.3) is 0 Å². The minimum absolute atomic E-state index is 0.149. The first-order valence-electron chi connectivity index (χ1n) is 31.1. The van der Waals surface area contributed by atoms with Crippen LogP contribution in [-0.2, 0) is 9.53 Å². The van der Waals surface area contributed by atoms with Crippen molar-refractivity contribution in [2.45, 2.75) is 303 Å². The first kappa shape index (κ1) is 69.1. The molecule has 0 amide bonds. The van der Waals surface area contributed by atoms with E-state index >= 15 is 0 Å². The highest BCUT2D eigenvalue weighted by molar-refractivity contribution is 5.69. The minimum Gasteiger partial charge on any atom is -0.464 e. The van der Waals surface area contributed by atoms with Crippen molar-refractivity contribution < 1.29 is 35.1 Å². The van der Waals surface area contributed by atoms with Gasteiger partial charge in [0.15, 0.2) is 0 Å². The van der Waals surface area contributed by atoms with Crippen LogP contribution in [0.1, 0.15) is 260 Å². The third-order valence-corrected chi connectivity index (χ3v) is 15.4. The minimum atomic E-state index is -0.557. The van der Waals surface area contributed by atoms with E-state index in [-0.39, 0.29) is 30.4 Å². The lowest BCUT2D eigenvalue weighted by atomic mass is 10.1. The molecule has 0 bridgehead atoms. The Morgan fingerprint density at radius 2 is 0.806 bits per heavy atom. The number of piperazine rings is 1. The van der Waals surface area contributed by atoms with E-state index in [1.165, 1.54) is 128 Å². The Kier molecular flexibility index (Phi) is 46.5. The molecule has 0 aromatic rings. The molecule has 0 aromatic carbocycles. The predicted molar refractivity (Wildman–Crippen MR) is 304 cm³/mol. The quantitative estimate of drug-likeness (QED) is 0.0195. The predicted octanol–water partition coefficient (Wildman–Crippen LogP) is 11.2. The van der Waals surface area contributed by atoms with E-state index in [0.29, 0.717) is 64.3 Å². The van der Waals surface area contributed by atoms with E-state index in [9.17, 15) is 30.3 Å². The van der Waals surface area contributed by atoms with Gasteiger partial charge in [0.05, 0.1) is 24.4 Å². The summed E-state index contributed by atoms with van der Waals surface area (Å²) in [7, 11) is 0. The van der Waals surface area contributed by atoms with Crippen LogP contribution in [0, 0.1) is 0 Å². The average molecular weight is 1030 g/mol. The maximum atomic E-state index is 12.8. The number of aliphatic hydroxyl groups is 5. The number of esters is 1. The van der Waals surface area contributed by atoms with E-state index in [0.717, 1.165) is 116 Å². The monoisotopic (exact) mass is 1030 g/mol. The van der Waals surface area contributed by atoms with E-state index in [2.05, 4.69) is 66.5 Å². The number of unbranched alkanes of at least 4 members (excludes halogenated alkanes) is 22. The molecule has 7 atom stereocenters. The van der Waals surface area contributed by atoms with Crippen molar-refractivity contribution >= 4 is 5.97 Å². The van der Waals surface area contributed by atoms with Gasteiger partial charge in [0, 0.05) is 77.4 Å². The fourth-order valence-corrected chi connectivity index (χ4v) is 10.7. The molecule has 7 unspecified atom stereocenters. The van der Waals surface area contributed by atoms with Crippen LogP contribution in [0.2, 0.25) is 0 Å². The third-order valence-electron chi connectivity index (χ3n) is 15.4. The molecule has 0 radical (unpaired) electrons. The average Bonchev–Trinajstić information content (AvgIpc) is 3.34. The number of ether oxygens (including phenoxy) is 1. The molecule has 12 nitrogen and oxygen atoms in total. The highest BCUT2D eigenvalue weighted by atomic mass is 16.5. The zero-order valence-electron chi connectivity index (χ0n) is 48.4. The molecule has 0 saturated carbocycles. The standard InChI is InChI=1S/C60H123N5O7/c1-7-11-15-19-23-27-35-55(66)49-62(50-56(67)36-28-24-20-16-12-8-2)42-33-31-39-59(70)61-41-44-64-47-54(6)65(48-53(64)5)45-46-72-60(71)40-32-34-43-63(51-57(68)37-29-25-21-17-13-9-3)52-58(69)38-30-26-22-18-14-10-4/h53-59,61,66-70H,7-52H2,1-6H3. The first-order chi connectivity index (χ1) is 34.9. The fraction of sp³-hybridized carbons (Fsp3) is 0.983. The molecule has 0 spiro atoms. The Labute approximate surface area is 445 Å². The number of nitrogens with zero attached hydrogens (tertiary/aromatic N) is 4. The second kappa shape index (κ2) is 48.4. The Morgan fingerprint density at radius 1 is 0.472 bits per heavy atom. The summed E-state index contributed by atoms with van der Waals surface area (Å²) >= 11 is 0. The molecule has 1 saturated heterocycles. The molecule has 1 fully saturated rings. The Morgan fingerprint density at radius 3 is 1.19 bits per heavy atom. The van der Waals surface area contributed by atoms with Crippen LogP contribution in [0.15, 0.2) is 0 Å². The lowest BCUT2D eigenvalue weighted by Gasteiger charge is -2.44. The molecule has 0 aliphatic carbocycles. The van der Waals surface area contributed by atoms with Crippen LogP contribution in [0.25, 0.3) is 0 Å². The van der Waals surface area contributed by atoms with E-state index in [1.807, 2.05) is 0 Å². The Bertz CT molecular complexity index is 1130. The van der Waals surface area contributed by atoms with E-state index in [4.69, 9.17) is 4.74 Å². The zero-order valence-corrected chi connectivity index (χ0v) is 48.4. The van der Waals surface area contributed by atoms with Crippen molar-refractivity contribution in [1.82, 2.24) is 24.9 Å². The lowest BCUT2D eigenvalue weighted by molar-refractivity contribution is -0.144. The van der Waals surface area contributed by atoms with Crippen LogP contribution in [0.4, 0.5) is 0 Å². The molecule has 72 heavy (non-hydrogen) atoms. The zero-order chi connectivity index (χ0) is 52.9. The van der Waals surface area contributed by atoms with Crippen LogP contribution < -0.4 is 5.32 Å². The summed E-state index contributed by atoms with van der Waals surface area (Å²) in [6.07, 6.45) is 34.7. The van der Waals surface area contributed by atoms with Crippen LogP contribution in [0.3, 0.4) is 0 Å². The molecule has 6 N–H and O–H groups in total. The van der Waals surface area contributed by atoms with Crippen molar-refractivity contribution in [2.75, 3.05) is 78.6 Å². The van der Waals surface area contributed by atoms with Gasteiger partial charge in [-0.3, -0.25) is 29.7 Å². The van der Waals surface area contributed by atoms with Crippen molar-refractivity contribution in [3.05, 3.63) is 0 Å². The summed E-state index contributed by atoms with van der Waals surface area (Å²) in [6.45, 7) is 21.9. The highest BCUT2D eigenvalue weighted by Gasteiger charge is 2.29. The summed E-state index contributed by atoms with van der Waals surface area (Å²) in [5, 5.41) is 57.9. The van der Waals surface area contributed by atoms with Crippen molar-refractivity contribution in [2.24, 2.45) is 0 Å². The maximum Gasteiger partial charge on any atom is 0.305 e. The summed E-state index contributed by atoms with van der Waals surface area (Å²) in [4.78, 5) is 22.2. The third kappa shape index (κ3) is 40.3. The summed E-state index contributed by atoms with van der Waals surface area (Å²) in [5.41, 5.74) is 0. The van der Waals surface area contributed by atoms with Crippen LogP contribution in [-0.4, -0.2) is 172 Å².